The van der Waals surface area contributed by atoms with Crippen LogP contribution in [0.2, 0.25) is 0 Å². The molecule has 2 rings (SSSR count). The molecule has 0 aliphatic heterocycles. The Morgan fingerprint density at radius 3 is 2.33 bits per heavy atom. The molecule has 0 spiro atoms. The zero-order chi connectivity index (χ0) is 15.5. The van der Waals surface area contributed by atoms with Crippen LogP contribution in [-0.4, -0.2) is 14.2 Å². The van der Waals surface area contributed by atoms with Gasteiger partial charge in [-0.2, -0.15) is 8.78 Å². The highest BCUT2D eigenvalue weighted by Gasteiger charge is 2.26. The molecular formula is C14H12BrF2NO2S. The first-order valence-corrected chi connectivity index (χ1v) is 8.34. The van der Waals surface area contributed by atoms with Gasteiger partial charge in [-0.1, -0.05) is 28.1 Å². The van der Waals surface area contributed by atoms with Crippen molar-refractivity contribution in [1.82, 2.24) is 0 Å². The molecule has 2 aromatic carbocycles. The number of nitrogens with one attached hydrogen (secondary N) is 1. The highest BCUT2D eigenvalue weighted by atomic mass is 79.9. The molecular weight excluding hydrogens is 364 g/mol. The van der Waals surface area contributed by atoms with E-state index in [4.69, 9.17) is 0 Å². The van der Waals surface area contributed by atoms with Crippen molar-refractivity contribution in [2.45, 2.75) is 17.2 Å². The van der Waals surface area contributed by atoms with Gasteiger partial charge in [-0.15, -0.1) is 0 Å². The summed E-state index contributed by atoms with van der Waals surface area (Å²) in [6.45, 7) is 0.542. The molecule has 2 aromatic rings. The van der Waals surface area contributed by atoms with Crippen molar-refractivity contribution in [2.24, 2.45) is 0 Å². The van der Waals surface area contributed by atoms with E-state index in [1.807, 2.05) is 24.3 Å². The number of hydrogen-bond donors (Lipinski definition) is 1. The molecule has 0 aliphatic rings. The highest BCUT2D eigenvalue weighted by molar-refractivity contribution is 9.10. The van der Waals surface area contributed by atoms with Crippen molar-refractivity contribution in [3.63, 3.8) is 0 Å². The van der Waals surface area contributed by atoms with Gasteiger partial charge in [0.05, 0.1) is 4.90 Å². The molecule has 1 N–H and O–H groups in total. The quantitative estimate of drug-likeness (QED) is 0.856. The van der Waals surface area contributed by atoms with E-state index in [-0.39, 0.29) is 4.90 Å². The molecule has 0 aliphatic carbocycles. The molecule has 0 unspecified atom stereocenters. The van der Waals surface area contributed by atoms with Crippen LogP contribution in [-0.2, 0) is 16.4 Å². The van der Waals surface area contributed by atoms with E-state index < -0.39 is 15.6 Å². The lowest BCUT2D eigenvalue weighted by atomic mass is 10.2. The first kappa shape index (κ1) is 15.9. The largest absolute Gasteiger partial charge is 0.381 e. The van der Waals surface area contributed by atoms with Gasteiger partial charge in [0.1, 0.15) is 0 Å². The van der Waals surface area contributed by atoms with Crippen LogP contribution >= 0.6 is 15.9 Å². The van der Waals surface area contributed by atoms with Crippen molar-refractivity contribution in [1.29, 1.82) is 0 Å². The molecule has 0 fully saturated rings. The first-order valence-electron chi connectivity index (χ1n) is 6.00. The SMILES string of the molecule is O=S(=O)(c1ccc(NCc2cccc(Br)c2)cc1)C(F)F. The van der Waals surface area contributed by atoms with Crippen LogP contribution in [0, 0.1) is 0 Å². The molecule has 0 amide bonds. The molecule has 0 radical (unpaired) electrons. The van der Waals surface area contributed by atoms with Crippen LogP contribution in [0.3, 0.4) is 0 Å². The Hall–Kier alpha value is -1.47. The lowest BCUT2D eigenvalue weighted by Gasteiger charge is -2.08. The molecule has 3 nitrogen and oxygen atoms in total. The summed E-state index contributed by atoms with van der Waals surface area (Å²) in [5.41, 5.74) is 1.69. The maximum absolute atomic E-state index is 12.4. The van der Waals surface area contributed by atoms with Crippen LogP contribution in [0.1, 0.15) is 5.56 Å². The molecule has 0 aromatic heterocycles. The number of alkyl halides is 2. The summed E-state index contributed by atoms with van der Waals surface area (Å²) in [6, 6.07) is 13.0. The van der Waals surface area contributed by atoms with Crippen molar-refractivity contribution >= 4 is 31.5 Å². The lowest BCUT2D eigenvalue weighted by molar-refractivity contribution is 0.234. The van der Waals surface area contributed by atoms with E-state index in [1.54, 1.807) is 0 Å². The van der Waals surface area contributed by atoms with Crippen LogP contribution in [0.25, 0.3) is 0 Å². The monoisotopic (exact) mass is 375 g/mol. The standard InChI is InChI=1S/C14H12BrF2NO2S/c15-11-3-1-2-10(8-11)9-18-12-4-6-13(7-5-12)21(19,20)14(16)17/h1-8,14,18H,9H2. The van der Waals surface area contributed by atoms with Crippen molar-refractivity contribution in [2.75, 3.05) is 5.32 Å². The number of anilines is 1. The Morgan fingerprint density at radius 1 is 1.10 bits per heavy atom. The summed E-state index contributed by atoms with van der Waals surface area (Å²) in [7, 11) is -4.53. The second-order valence-corrected chi connectivity index (χ2v) is 7.15. The third kappa shape index (κ3) is 4.01. The van der Waals surface area contributed by atoms with Gasteiger partial charge < -0.3 is 5.32 Å². The molecule has 7 heteroatoms. The van der Waals surface area contributed by atoms with Crippen molar-refractivity contribution in [3.05, 3.63) is 58.6 Å². The van der Waals surface area contributed by atoms with Gasteiger partial charge in [0, 0.05) is 16.7 Å². The van der Waals surface area contributed by atoms with Crippen LogP contribution in [0.15, 0.2) is 57.9 Å². The smallest absolute Gasteiger partial charge is 0.341 e. The number of hydrogen-bond acceptors (Lipinski definition) is 3. The van der Waals surface area contributed by atoms with Gasteiger partial charge in [-0.05, 0) is 42.0 Å². The molecule has 21 heavy (non-hydrogen) atoms. The Morgan fingerprint density at radius 2 is 1.76 bits per heavy atom. The molecule has 0 heterocycles. The van der Waals surface area contributed by atoms with Crippen molar-refractivity contribution < 1.29 is 17.2 Å². The fourth-order valence-electron chi connectivity index (χ4n) is 1.72. The zero-order valence-corrected chi connectivity index (χ0v) is 13.2. The summed E-state index contributed by atoms with van der Waals surface area (Å²) < 4.78 is 48.3. The first-order chi connectivity index (χ1) is 9.89. The molecule has 0 saturated carbocycles. The molecule has 112 valence electrons. The Bertz CT molecular complexity index is 718. The second kappa shape index (κ2) is 6.53. The number of halogens is 3. The lowest BCUT2D eigenvalue weighted by Crippen LogP contribution is -2.11. The van der Waals surface area contributed by atoms with Crippen molar-refractivity contribution in [3.8, 4) is 0 Å². The van der Waals surface area contributed by atoms with Gasteiger partial charge in [0.15, 0.2) is 0 Å². The Labute approximate surface area is 130 Å². The summed E-state index contributed by atoms with van der Waals surface area (Å²) >= 11 is 3.37. The minimum atomic E-state index is -4.53. The molecule has 0 atom stereocenters. The van der Waals surface area contributed by atoms with Gasteiger partial charge in [-0.3, -0.25) is 0 Å². The van der Waals surface area contributed by atoms with E-state index in [2.05, 4.69) is 21.2 Å². The Kier molecular flexibility index (Phi) is 4.95. The minimum Gasteiger partial charge on any atom is -0.381 e. The van der Waals surface area contributed by atoms with E-state index in [0.29, 0.717) is 12.2 Å². The summed E-state index contributed by atoms with van der Waals surface area (Å²) in [5, 5.41) is 3.09. The topological polar surface area (TPSA) is 46.2 Å². The number of sulfone groups is 1. The van der Waals surface area contributed by atoms with Crippen LogP contribution in [0.5, 0.6) is 0 Å². The minimum absolute atomic E-state index is 0.384. The predicted molar refractivity (Wildman–Crippen MR) is 81.1 cm³/mol. The molecule has 0 bridgehead atoms. The maximum Gasteiger partial charge on any atom is 0.341 e. The van der Waals surface area contributed by atoms with Gasteiger partial charge >= 0.3 is 5.76 Å². The fourth-order valence-corrected chi connectivity index (χ4v) is 2.88. The molecule has 0 saturated heterocycles. The third-order valence-electron chi connectivity index (χ3n) is 2.80. The number of benzene rings is 2. The number of rotatable bonds is 5. The van der Waals surface area contributed by atoms with Gasteiger partial charge in [-0.25, -0.2) is 8.42 Å². The van der Waals surface area contributed by atoms with E-state index in [0.717, 1.165) is 10.0 Å². The second-order valence-electron chi connectivity index (χ2n) is 4.31. The van der Waals surface area contributed by atoms with E-state index >= 15 is 0 Å². The van der Waals surface area contributed by atoms with E-state index in [1.165, 1.54) is 24.3 Å². The Balaban J connectivity index is 2.07. The van der Waals surface area contributed by atoms with E-state index in [9.17, 15) is 17.2 Å². The fraction of sp³-hybridized carbons (Fsp3) is 0.143. The zero-order valence-electron chi connectivity index (χ0n) is 10.8. The summed E-state index contributed by atoms with van der Waals surface area (Å²) in [4.78, 5) is -0.384. The predicted octanol–water partition coefficient (Wildman–Crippen LogP) is 4.06. The van der Waals surface area contributed by atoms with Gasteiger partial charge in [0.25, 0.3) is 0 Å². The maximum atomic E-state index is 12.4. The van der Waals surface area contributed by atoms with Gasteiger partial charge in [0.2, 0.25) is 9.84 Å². The average molecular weight is 376 g/mol. The normalized spacial score (nSPS) is 11.6. The third-order valence-corrected chi connectivity index (χ3v) is 4.69. The summed E-state index contributed by atoms with van der Waals surface area (Å²) in [6.07, 6.45) is 0. The van der Waals surface area contributed by atoms with Crippen LogP contribution in [0.4, 0.5) is 14.5 Å². The summed E-state index contributed by atoms with van der Waals surface area (Å²) in [5.74, 6) is -3.40. The average Bonchev–Trinajstić information content (AvgIpc) is 2.45. The highest BCUT2D eigenvalue weighted by Crippen LogP contribution is 2.21. The van der Waals surface area contributed by atoms with Crippen LogP contribution < -0.4 is 5.32 Å².